The fraction of sp³-hybridized carbons (Fsp3) is 1.00. The Morgan fingerprint density at radius 3 is 2.78 bits per heavy atom. The third-order valence-corrected chi connectivity index (χ3v) is 5.11. The van der Waals surface area contributed by atoms with E-state index in [1.165, 1.54) is 6.42 Å². The van der Waals surface area contributed by atoms with Crippen molar-refractivity contribution in [3.63, 3.8) is 0 Å². The van der Waals surface area contributed by atoms with Crippen molar-refractivity contribution in [3.05, 3.63) is 0 Å². The van der Waals surface area contributed by atoms with Crippen molar-refractivity contribution in [3.8, 4) is 0 Å². The van der Waals surface area contributed by atoms with Crippen LogP contribution in [0.4, 0.5) is 0 Å². The van der Waals surface area contributed by atoms with Gasteiger partial charge in [-0.15, -0.1) is 0 Å². The Labute approximate surface area is 110 Å². The second-order valence-corrected chi connectivity index (χ2v) is 7.10. The number of ether oxygens (including phenoxy) is 1. The molecule has 18 heavy (non-hydrogen) atoms. The summed E-state index contributed by atoms with van der Waals surface area (Å²) in [5.41, 5.74) is 0. The lowest BCUT2D eigenvalue weighted by molar-refractivity contribution is 0.0304. The number of hydrogen-bond donors (Lipinski definition) is 2. The SMILES string of the molecule is O=S(=O)(CC1CCCCO1)NCC[C@H]1CCCN1. The molecule has 2 fully saturated rings. The summed E-state index contributed by atoms with van der Waals surface area (Å²) in [7, 11) is -3.18. The maximum absolute atomic E-state index is 11.9. The third kappa shape index (κ3) is 4.84. The van der Waals surface area contributed by atoms with E-state index in [0.29, 0.717) is 19.2 Å². The summed E-state index contributed by atoms with van der Waals surface area (Å²) in [6.07, 6.45) is 6.13. The van der Waals surface area contributed by atoms with Gasteiger partial charge in [0.05, 0.1) is 11.9 Å². The van der Waals surface area contributed by atoms with E-state index in [0.717, 1.165) is 38.6 Å². The minimum Gasteiger partial charge on any atom is -0.377 e. The minimum absolute atomic E-state index is 0.110. The van der Waals surface area contributed by atoms with Crippen molar-refractivity contribution in [2.45, 2.75) is 50.7 Å². The van der Waals surface area contributed by atoms with Gasteiger partial charge in [-0.1, -0.05) is 0 Å². The second-order valence-electron chi connectivity index (χ2n) is 5.25. The minimum atomic E-state index is -3.18. The zero-order valence-corrected chi connectivity index (χ0v) is 11.7. The predicted molar refractivity (Wildman–Crippen MR) is 71.0 cm³/mol. The average molecular weight is 276 g/mol. The Morgan fingerprint density at radius 1 is 1.22 bits per heavy atom. The van der Waals surface area contributed by atoms with Gasteiger partial charge in [0.15, 0.2) is 0 Å². The highest BCUT2D eigenvalue weighted by atomic mass is 32.2. The van der Waals surface area contributed by atoms with E-state index in [2.05, 4.69) is 10.0 Å². The molecule has 106 valence electrons. The third-order valence-electron chi connectivity index (χ3n) is 3.66. The van der Waals surface area contributed by atoms with E-state index < -0.39 is 10.0 Å². The smallest absolute Gasteiger partial charge is 0.214 e. The maximum atomic E-state index is 11.9. The summed E-state index contributed by atoms with van der Waals surface area (Å²) in [4.78, 5) is 0. The molecule has 0 aromatic heterocycles. The molecule has 0 amide bonds. The van der Waals surface area contributed by atoms with E-state index in [4.69, 9.17) is 4.74 Å². The fourth-order valence-electron chi connectivity index (χ4n) is 2.63. The first kappa shape index (κ1) is 14.2. The summed E-state index contributed by atoms with van der Waals surface area (Å²) >= 11 is 0. The van der Waals surface area contributed by atoms with Crippen molar-refractivity contribution in [2.75, 3.05) is 25.4 Å². The lowest BCUT2D eigenvalue weighted by Gasteiger charge is -2.22. The number of rotatable bonds is 6. The molecule has 2 aliphatic rings. The van der Waals surface area contributed by atoms with E-state index in [-0.39, 0.29) is 11.9 Å². The summed E-state index contributed by atoms with van der Waals surface area (Å²) < 4.78 is 31.9. The number of nitrogens with one attached hydrogen (secondary N) is 2. The monoisotopic (exact) mass is 276 g/mol. The van der Waals surface area contributed by atoms with Crippen molar-refractivity contribution in [1.82, 2.24) is 10.0 Å². The van der Waals surface area contributed by atoms with Gasteiger partial charge >= 0.3 is 0 Å². The van der Waals surface area contributed by atoms with Crippen molar-refractivity contribution in [1.29, 1.82) is 0 Å². The van der Waals surface area contributed by atoms with Gasteiger partial charge < -0.3 is 10.1 Å². The topological polar surface area (TPSA) is 67.4 Å². The van der Waals surface area contributed by atoms with Crippen LogP contribution in [0.3, 0.4) is 0 Å². The molecule has 1 unspecified atom stereocenters. The lowest BCUT2D eigenvalue weighted by Crippen LogP contribution is -2.37. The highest BCUT2D eigenvalue weighted by Crippen LogP contribution is 2.14. The van der Waals surface area contributed by atoms with Crippen molar-refractivity contribution in [2.24, 2.45) is 0 Å². The van der Waals surface area contributed by atoms with Crippen LogP contribution >= 0.6 is 0 Å². The van der Waals surface area contributed by atoms with Crippen LogP contribution in [0.1, 0.15) is 38.5 Å². The molecule has 5 nitrogen and oxygen atoms in total. The Bertz CT molecular complexity index is 333. The summed E-state index contributed by atoms with van der Waals surface area (Å²) in [6, 6.07) is 0.485. The molecule has 0 radical (unpaired) electrons. The molecule has 2 N–H and O–H groups in total. The molecule has 0 spiro atoms. The van der Waals surface area contributed by atoms with Crippen LogP contribution in [0.2, 0.25) is 0 Å². The summed E-state index contributed by atoms with van der Waals surface area (Å²) in [5.74, 6) is 0.116. The molecule has 6 heteroatoms. The van der Waals surface area contributed by atoms with Crippen LogP contribution < -0.4 is 10.0 Å². The van der Waals surface area contributed by atoms with Crippen LogP contribution in [0.25, 0.3) is 0 Å². The molecular weight excluding hydrogens is 252 g/mol. The van der Waals surface area contributed by atoms with E-state index in [1.807, 2.05) is 0 Å². The number of sulfonamides is 1. The Balaban J connectivity index is 1.66. The van der Waals surface area contributed by atoms with Gasteiger partial charge in [-0.3, -0.25) is 0 Å². The molecule has 0 aromatic rings. The zero-order chi connectivity index (χ0) is 12.8. The first-order chi connectivity index (χ1) is 8.66. The second kappa shape index (κ2) is 6.84. The van der Waals surface area contributed by atoms with Gasteiger partial charge in [0, 0.05) is 19.2 Å². The van der Waals surface area contributed by atoms with E-state index >= 15 is 0 Å². The number of hydrogen-bond acceptors (Lipinski definition) is 4. The van der Waals surface area contributed by atoms with Crippen LogP contribution in [0.15, 0.2) is 0 Å². The molecule has 2 heterocycles. The van der Waals surface area contributed by atoms with E-state index in [9.17, 15) is 8.42 Å². The average Bonchev–Trinajstić information content (AvgIpc) is 2.82. The van der Waals surface area contributed by atoms with E-state index in [1.54, 1.807) is 0 Å². The zero-order valence-electron chi connectivity index (χ0n) is 10.9. The normalized spacial score (nSPS) is 29.6. The molecule has 2 atom stereocenters. The largest absolute Gasteiger partial charge is 0.377 e. The fourth-order valence-corrected chi connectivity index (χ4v) is 3.93. The van der Waals surface area contributed by atoms with Gasteiger partial charge in [-0.2, -0.15) is 0 Å². The molecule has 0 saturated carbocycles. The van der Waals surface area contributed by atoms with Crippen molar-refractivity contribution < 1.29 is 13.2 Å². The van der Waals surface area contributed by atoms with Gasteiger partial charge in [-0.05, 0) is 45.1 Å². The molecular formula is C12H24N2O3S. The molecule has 0 aromatic carbocycles. The summed E-state index contributed by atoms with van der Waals surface area (Å²) in [5, 5.41) is 3.36. The van der Waals surface area contributed by atoms with Crippen molar-refractivity contribution >= 4 is 10.0 Å². The predicted octanol–water partition coefficient (Wildman–Crippen LogP) is 0.617. The first-order valence-electron chi connectivity index (χ1n) is 6.98. The Kier molecular flexibility index (Phi) is 5.41. The van der Waals surface area contributed by atoms with Gasteiger partial charge in [0.1, 0.15) is 0 Å². The summed E-state index contributed by atoms with van der Waals surface area (Å²) in [6.45, 7) is 2.30. The highest BCUT2D eigenvalue weighted by Gasteiger charge is 2.22. The molecule has 2 saturated heterocycles. The highest BCUT2D eigenvalue weighted by molar-refractivity contribution is 7.89. The van der Waals surface area contributed by atoms with Crippen LogP contribution in [0, 0.1) is 0 Å². The molecule has 0 aliphatic carbocycles. The van der Waals surface area contributed by atoms with Gasteiger partial charge in [0.2, 0.25) is 10.0 Å². The quantitative estimate of drug-likeness (QED) is 0.746. The van der Waals surface area contributed by atoms with Crippen LogP contribution in [0.5, 0.6) is 0 Å². The molecule has 2 aliphatic heterocycles. The van der Waals surface area contributed by atoms with Crippen LogP contribution in [-0.2, 0) is 14.8 Å². The van der Waals surface area contributed by atoms with Crippen LogP contribution in [-0.4, -0.2) is 46.0 Å². The Hall–Kier alpha value is -0.170. The first-order valence-corrected chi connectivity index (χ1v) is 8.63. The molecule has 2 rings (SSSR count). The lowest BCUT2D eigenvalue weighted by atomic mass is 10.1. The van der Waals surface area contributed by atoms with Gasteiger partial charge in [-0.25, -0.2) is 13.1 Å². The Morgan fingerprint density at radius 2 is 2.11 bits per heavy atom. The van der Waals surface area contributed by atoms with Gasteiger partial charge in [0.25, 0.3) is 0 Å². The molecule has 0 bridgehead atoms. The standard InChI is InChI=1S/C12H24N2O3S/c15-18(16,10-12-5-1-2-9-17-12)14-8-6-11-4-3-7-13-11/h11-14H,1-10H2/t11-,12?/m1/s1. The maximum Gasteiger partial charge on any atom is 0.214 e.